The molecule has 1 aromatic heterocycles. The van der Waals surface area contributed by atoms with E-state index in [2.05, 4.69) is 25.7 Å². The van der Waals surface area contributed by atoms with Crippen LogP contribution < -0.4 is 10.7 Å². The first-order valence-corrected chi connectivity index (χ1v) is 10.8. The van der Waals surface area contributed by atoms with Gasteiger partial charge in [-0.3, -0.25) is 19.9 Å². The van der Waals surface area contributed by atoms with Crippen LogP contribution in [0.15, 0.2) is 10.6 Å². The maximum Gasteiger partial charge on any atom is 0.344 e. The first kappa shape index (κ1) is 20.8. The Balaban J connectivity index is 1.19. The summed E-state index contributed by atoms with van der Waals surface area (Å²) in [6.45, 7) is 6.72. The van der Waals surface area contributed by atoms with Gasteiger partial charge in [-0.2, -0.15) is 5.01 Å². The fraction of sp³-hybridized carbons (Fsp3) is 0.700. The van der Waals surface area contributed by atoms with Gasteiger partial charge in [0.25, 0.3) is 5.91 Å². The quantitative estimate of drug-likeness (QED) is 0.657. The molecule has 0 aromatic carbocycles. The van der Waals surface area contributed by atoms with Crippen LogP contribution in [-0.4, -0.2) is 76.1 Å². The molecule has 4 rings (SSSR count). The topological polar surface area (TPSA) is 111 Å². The third-order valence-corrected chi connectivity index (χ3v) is 6.28. The number of nitrogens with one attached hydrogen (secondary N) is 2. The number of rotatable bonds is 6. The summed E-state index contributed by atoms with van der Waals surface area (Å²) in [4.78, 5) is 41.8. The predicted molar refractivity (Wildman–Crippen MR) is 107 cm³/mol. The number of imide groups is 1. The molecule has 3 fully saturated rings. The smallest absolute Gasteiger partial charge is 0.344 e. The normalized spacial score (nSPS) is 22.5. The summed E-state index contributed by atoms with van der Waals surface area (Å²) in [5.41, 5.74) is 2.57. The van der Waals surface area contributed by atoms with E-state index in [9.17, 15) is 14.4 Å². The number of hydrogen-bond acceptors (Lipinski definition) is 7. The summed E-state index contributed by atoms with van der Waals surface area (Å²) in [6.07, 6.45) is 4.42. The van der Waals surface area contributed by atoms with Gasteiger partial charge in [0.15, 0.2) is 5.76 Å². The van der Waals surface area contributed by atoms with E-state index in [4.69, 9.17) is 4.52 Å². The number of amides is 4. The van der Waals surface area contributed by atoms with Crippen LogP contribution in [-0.2, 0) is 16.1 Å². The highest BCUT2D eigenvalue weighted by Gasteiger charge is 2.52. The summed E-state index contributed by atoms with van der Waals surface area (Å²) in [7, 11) is 0. The number of piperazine rings is 1. The molecule has 10 nitrogen and oxygen atoms in total. The summed E-state index contributed by atoms with van der Waals surface area (Å²) in [5.74, 6) is 0.229. The minimum atomic E-state index is -0.818. The van der Waals surface area contributed by atoms with E-state index in [1.165, 1.54) is 0 Å². The monoisotopic (exact) mass is 418 g/mol. The van der Waals surface area contributed by atoms with Gasteiger partial charge in [0.05, 0.1) is 12.2 Å². The first-order valence-electron chi connectivity index (χ1n) is 10.8. The molecule has 0 bridgehead atoms. The van der Waals surface area contributed by atoms with Crippen LogP contribution in [0.3, 0.4) is 0 Å². The van der Waals surface area contributed by atoms with Crippen molar-refractivity contribution in [3.8, 4) is 0 Å². The van der Waals surface area contributed by atoms with Crippen LogP contribution in [0, 0.1) is 6.92 Å². The predicted octanol–water partition coefficient (Wildman–Crippen LogP) is 0.777. The molecule has 10 heteroatoms. The van der Waals surface area contributed by atoms with Gasteiger partial charge < -0.3 is 14.7 Å². The van der Waals surface area contributed by atoms with Gasteiger partial charge >= 0.3 is 6.03 Å². The zero-order valence-electron chi connectivity index (χ0n) is 17.5. The molecule has 1 aromatic rings. The van der Waals surface area contributed by atoms with Crippen molar-refractivity contribution in [3.63, 3.8) is 0 Å². The van der Waals surface area contributed by atoms with Gasteiger partial charge in [-0.05, 0) is 19.8 Å². The lowest BCUT2D eigenvalue weighted by Crippen LogP contribution is -2.51. The Labute approximate surface area is 175 Å². The van der Waals surface area contributed by atoms with Crippen LogP contribution in [0.1, 0.15) is 50.0 Å². The lowest BCUT2D eigenvalue weighted by atomic mass is 9.82. The van der Waals surface area contributed by atoms with E-state index in [0.29, 0.717) is 19.4 Å². The number of hydrogen-bond donors (Lipinski definition) is 2. The lowest BCUT2D eigenvalue weighted by molar-refractivity contribution is -0.140. The molecule has 1 aliphatic carbocycles. The highest BCUT2D eigenvalue weighted by atomic mass is 16.5. The first-order chi connectivity index (χ1) is 14.4. The molecular weight excluding hydrogens is 388 g/mol. The van der Waals surface area contributed by atoms with Crippen molar-refractivity contribution in [2.45, 2.75) is 57.5 Å². The van der Waals surface area contributed by atoms with E-state index in [0.717, 1.165) is 68.4 Å². The number of carbonyl (C=O) groups excluding carboxylic acids is 3. The van der Waals surface area contributed by atoms with Gasteiger partial charge in [-0.1, -0.05) is 24.4 Å². The molecule has 3 heterocycles. The summed E-state index contributed by atoms with van der Waals surface area (Å²) >= 11 is 0. The third-order valence-electron chi connectivity index (χ3n) is 6.28. The van der Waals surface area contributed by atoms with Gasteiger partial charge in [0.2, 0.25) is 5.91 Å². The van der Waals surface area contributed by atoms with E-state index in [1.54, 1.807) is 0 Å². The molecule has 1 spiro atoms. The number of nitrogens with zero attached hydrogens (tertiary/aromatic N) is 4. The summed E-state index contributed by atoms with van der Waals surface area (Å²) < 4.78 is 5.27. The SMILES string of the molecule is Cc1cc(CN2CCN(CCC(=O)NN3C(=O)NC4(CCCCC4)C3=O)CC2)on1. The van der Waals surface area contributed by atoms with Crippen molar-refractivity contribution in [3.05, 3.63) is 17.5 Å². The lowest BCUT2D eigenvalue weighted by Gasteiger charge is -2.34. The molecule has 30 heavy (non-hydrogen) atoms. The Hall–Kier alpha value is -2.46. The molecule has 1 saturated carbocycles. The van der Waals surface area contributed by atoms with Crippen molar-refractivity contribution in [1.29, 1.82) is 0 Å². The minimum Gasteiger partial charge on any atom is -0.360 e. The van der Waals surface area contributed by atoms with Crippen LogP contribution in [0.4, 0.5) is 4.79 Å². The highest BCUT2D eigenvalue weighted by molar-refractivity contribution is 6.08. The Morgan fingerprint density at radius 1 is 1.17 bits per heavy atom. The number of urea groups is 1. The average Bonchev–Trinajstić information content (AvgIpc) is 3.24. The fourth-order valence-corrected chi connectivity index (χ4v) is 4.54. The van der Waals surface area contributed by atoms with E-state index in [1.807, 2.05) is 13.0 Å². The highest BCUT2D eigenvalue weighted by Crippen LogP contribution is 2.33. The molecule has 2 saturated heterocycles. The molecular formula is C20H30N6O4. The van der Waals surface area contributed by atoms with Crippen LogP contribution in [0.2, 0.25) is 0 Å². The maximum atomic E-state index is 12.7. The van der Waals surface area contributed by atoms with Gasteiger partial charge in [-0.15, -0.1) is 0 Å². The minimum absolute atomic E-state index is 0.241. The molecule has 2 aliphatic heterocycles. The van der Waals surface area contributed by atoms with Crippen LogP contribution in [0.5, 0.6) is 0 Å². The van der Waals surface area contributed by atoms with Crippen LogP contribution >= 0.6 is 0 Å². The standard InChI is InChI=1S/C20H30N6O4/c1-15-13-16(30-23-15)14-25-11-9-24(10-12-25)8-5-17(27)22-26-18(28)20(21-19(26)29)6-3-2-4-7-20/h13H,2-12,14H2,1H3,(H,21,29)(H,22,27). The molecule has 0 atom stereocenters. The second kappa shape index (κ2) is 8.73. The Bertz CT molecular complexity index is 795. The number of hydrazine groups is 1. The summed E-state index contributed by atoms with van der Waals surface area (Å²) in [6, 6.07) is 1.43. The van der Waals surface area contributed by atoms with Crippen molar-refractivity contribution in [2.24, 2.45) is 0 Å². The Morgan fingerprint density at radius 2 is 1.87 bits per heavy atom. The number of carbonyl (C=O) groups is 3. The fourth-order valence-electron chi connectivity index (χ4n) is 4.54. The number of aryl methyl sites for hydroxylation is 1. The van der Waals surface area contributed by atoms with E-state index < -0.39 is 11.6 Å². The molecule has 164 valence electrons. The van der Waals surface area contributed by atoms with Gasteiger partial charge in [-0.25, -0.2) is 4.79 Å². The third kappa shape index (κ3) is 4.49. The van der Waals surface area contributed by atoms with Gasteiger partial charge in [0, 0.05) is 45.2 Å². The zero-order chi connectivity index (χ0) is 21.1. The number of aromatic nitrogens is 1. The molecule has 0 radical (unpaired) electrons. The summed E-state index contributed by atoms with van der Waals surface area (Å²) in [5, 5.41) is 7.59. The molecule has 4 amide bonds. The molecule has 0 unspecified atom stereocenters. The molecule has 3 aliphatic rings. The Kier molecular flexibility index (Phi) is 6.05. The van der Waals surface area contributed by atoms with E-state index >= 15 is 0 Å². The van der Waals surface area contributed by atoms with Crippen molar-refractivity contribution in [2.75, 3.05) is 32.7 Å². The van der Waals surface area contributed by atoms with Crippen molar-refractivity contribution >= 4 is 17.8 Å². The van der Waals surface area contributed by atoms with Crippen LogP contribution in [0.25, 0.3) is 0 Å². The maximum absolute atomic E-state index is 12.7. The second-order valence-corrected chi connectivity index (χ2v) is 8.55. The van der Waals surface area contributed by atoms with Crippen molar-refractivity contribution < 1.29 is 18.9 Å². The second-order valence-electron chi connectivity index (χ2n) is 8.55. The average molecular weight is 418 g/mol. The van der Waals surface area contributed by atoms with E-state index in [-0.39, 0.29) is 18.2 Å². The largest absolute Gasteiger partial charge is 0.360 e. The Morgan fingerprint density at radius 3 is 2.53 bits per heavy atom. The molecule has 2 N–H and O–H groups in total. The van der Waals surface area contributed by atoms with Gasteiger partial charge in [0.1, 0.15) is 5.54 Å². The van der Waals surface area contributed by atoms with Crippen molar-refractivity contribution in [1.82, 2.24) is 30.7 Å². The zero-order valence-corrected chi connectivity index (χ0v) is 17.5.